The summed E-state index contributed by atoms with van der Waals surface area (Å²) in [5.41, 5.74) is 10.1. The van der Waals surface area contributed by atoms with E-state index in [0.29, 0.717) is 24.9 Å². The Bertz CT molecular complexity index is 1310. The van der Waals surface area contributed by atoms with Crippen molar-refractivity contribution in [3.63, 3.8) is 0 Å². The number of benzene rings is 1. The molecule has 2 saturated heterocycles. The molecule has 0 atom stereocenters. The summed E-state index contributed by atoms with van der Waals surface area (Å²) in [6.07, 6.45) is 1.74. The van der Waals surface area contributed by atoms with Crippen LogP contribution < -0.4 is 15.5 Å². The van der Waals surface area contributed by atoms with Gasteiger partial charge in [0.05, 0.1) is 23.4 Å². The highest BCUT2D eigenvalue weighted by Crippen LogP contribution is 2.39. The molecule has 2 aliphatic rings. The van der Waals surface area contributed by atoms with Crippen molar-refractivity contribution in [1.82, 2.24) is 19.9 Å². The molecule has 0 unspecified atom stereocenters. The molecule has 6 rings (SSSR count). The number of hydrogen-bond acceptors (Lipinski definition) is 9. The van der Waals surface area contributed by atoms with Crippen LogP contribution in [-0.4, -0.2) is 79.4 Å². The lowest BCUT2D eigenvalue weighted by Gasteiger charge is -2.34. The molecule has 3 aromatic heterocycles. The van der Waals surface area contributed by atoms with Gasteiger partial charge in [0.1, 0.15) is 5.82 Å². The smallest absolute Gasteiger partial charge is 0.163 e. The first kappa shape index (κ1) is 22.2. The summed E-state index contributed by atoms with van der Waals surface area (Å²) in [5, 5.41) is 0. The highest BCUT2D eigenvalue weighted by atomic mass is 32.1. The van der Waals surface area contributed by atoms with Crippen molar-refractivity contribution in [2.75, 3.05) is 75.1 Å². The lowest BCUT2D eigenvalue weighted by atomic mass is 10.1. The normalized spacial score (nSPS) is 17.3. The lowest BCUT2D eigenvalue weighted by molar-refractivity contribution is 0.122. The quantitative estimate of drug-likeness (QED) is 0.468. The van der Waals surface area contributed by atoms with Gasteiger partial charge in [0, 0.05) is 61.6 Å². The topological polar surface area (TPSA) is 83.6 Å². The highest BCUT2D eigenvalue weighted by Gasteiger charge is 2.21. The molecule has 2 aliphatic heterocycles. The fourth-order valence-corrected chi connectivity index (χ4v) is 5.73. The molecule has 5 heterocycles. The molecule has 0 saturated carbocycles. The number of anilines is 3. The number of nitrogens with two attached hydrogens (primary N) is 1. The van der Waals surface area contributed by atoms with Gasteiger partial charge in [0.15, 0.2) is 11.6 Å². The zero-order chi connectivity index (χ0) is 23.8. The van der Waals surface area contributed by atoms with Crippen LogP contribution in [0, 0.1) is 0 Å². The van der Waals surface area contributed by atoms with E-state index >= 15 is 0 Å². The van der Waals surface area contributed by atoms with Crippen LogP contribution in [0.4, 0.5) is 17.3 Å². The SMILES string of the molecule is CN1CCN(c2ccc(-c3cc4nc(-c5ccc(N)nc5)nc(N5CCOCC5)c4s3)cc2)CC1. The summed E-state index contributed by atoms with van der Waals surface area (Å²) in [7, 11) is 2.19. The summed E-state index contributed by atoms with van der Waals surface area (Å²) in [6, 6.07) is 14.8. The van der Waals surface area contributed by atoms with E-state index in [-0.39, 0.29) is 0 Å². The van der Waals surface area contributed by atoms with Crippen LogP contribution in [-0.2, 0) is 4.74 Å². The van der Waals surface area contributed by atoms with Gasteiger partial charge in [-0.3, -0.25) is 0 Å². The van der Waals surface area contributed by atoms with Gasteiger partial charge in [0.2, 0.25) is 0 Å². The van der Waals surface area contributed by atoms with Gasteiger partial charge >= 0.3 is 0 Å². The second kappa shape index (κ2) is 9.41. The largest absolute Gasteiger partial charge is 0.384 e. The molecule has 0 amide bonds. The molecule has 0 radical (unpaired) electrons. The highest BCUT2D eigenvalue weighted by molar-refractivity contribution is 7.22. The van der Waals surface area contributed by atoms with Gasteiger partial charge in [-0.2, -0.15) is 0 Å². The van der Waals surface area contributed by atoms with E-state index in [0.717, 1.165) is 60.9 Å². The molecule has 1 aromatic carbocycles. The molecular formula is C26H29N7OS. The standard InChI is InChI=1S/C26H29N7OS/c1-31-8-10-32(11-9-31)20-5-2-18(3-6-20)22-16-21-24(35-22)26(33-12-14-34-15-13-33)30-25(29-21)19-4-7-23(27)28-17-19/h2-7,16-17H,8-15H2,1H3,(H2,27,28). The van der Waals surface area contributed by atoms with Crippen LogP contribution in [0.5, 0.6) is 0 Å². The van der Waals surface area contributed by atoms with Crippen LogP contribution in [0.2, 0.25) is 0 Å². The summed E-state index contributed by atoms with van der Waals surface area (Å²) in [5.74, 6) is 2.12. The second-order valence-corrected chi connectivity index (χ2v) is 10.2. The number of piperazine rings is 1. The van der Waals surface area contributed by atoms with E-state index in [1.807, 2.05) is 6.07 Å². The molecular weight excluding hydrogens is 458 g/mol. The summed E-state index contributed by atoms with van der Waals surface area (Å²) in [4.78, 5) is 22.5. The first-order chi connectivity index (χ1) is 17.1. The number of nitrogens with zero attached hydrogens (tertiary/aromatic N) is 6. The maximum Gasteiger partial charge on any atom is 0.163 e. The number of morpholine rings is 1. The van der Waals surface area contributed by atoms with Crippen LogP contribution in [0.25, 0.3) is 32.0 Å². The number of thiophene rings is 1. The lowest BCUT2D eigenvalue weighted by Crippen LogP contribution is -2.44. The van der Waals surface area contributed by atoms with Crippen molar-refractivity contribution < 1.29 is 4.74 Å². The Morgan fingerprint density at radius 1 is 0.857 bits per heavy atom. The fourth-order valence-electron chi connectivity index (χ4n) is 4.61. The Kier molecular flexibility index (Phi) is 5.97. The van der Waals surface area contributed by atoms with Gasteiger partial charge in [-0.25, -0.2) is 15.0 Å². The molecule has 0 aliphatic carbocycles. The Labute approximate surface area is 209 Å². The van der Waals surface area contributed by atoms with E-state index in [4.69, 9.17) is 20.4 Å². The zero-order valence-corrected chi connectivity index (χ0v) is 20.7. The molecule has 8 nitrogen and oxygen atoms in total. The van der Waals surface area contributed by atoms with Crippen LogP contribution in [0.3, 0.4) is 0 Å². The number of aromatic nitrogens is 3. The second-order valence-electron chi connectivity index (χ2n) is 9.10. The Balaban J connectivity index is 1.37. The Morgan fingerprint density at radius 3 is 2.31 bits per heavy atom. The van der Waals surface area contributed by atoms with Crippen LogP contribution in [0.1, 0.15) is 0 Å². The third kappa shape index (κ3) is 4.54. The average molecular weight is 488 g/mol. The maximum absolute atomic E-state index is 5.80. The molecule has 0 spiro atoms. The minimum Gasteiger partial charge on any atom is -0.384 e. The minimum atomic E-state index is 0.487. The fraction of sp³-hybridized carbons (Fsp3) is 0.346. The van der Waals surface area contributed by atoms with Crippen molar-refractivity contribution >= 4 is 38.9 Å². The van der Waals surface area contributed by atoms with Crippen molar-refractivity contribution in [2.24, 2.45) is 0 Å². The molecule has 4 aromatic rings. The summed E-state index contributed by atoms with van der Waals surface area (Å²) < 4.78 is 6.70. The molecule has 9 heteroatoms. The first-order valence-corrected chi connectivity index (χ1v) is 12.9. The first-order valence-electron chi connectivity index (χ1n) is 12.0. The number of hydrogen-bond donors (Lipinski definition) is 1. The van der Waals surface area contributed by atoms with E-state index in [1.165, 1.54) is 16.1 Å². The van der Waals surface area contributed by atoms with Gasteiger partial charge in [-0.05, 0) is 42.9 Å². The predicted molar refractivity (Wildman–Crippen MR) is 143 cm³/mol. The number of likely N-dealkylation sites (N-methyl/N-ethyl adjacent to an activating group) is 1. The van der Waals surface area contributed by atoms with Crippen molar-refractivity contribution in [3.05, 3.63) is 48.7 Å². The predicted octanol–water partition coefficient (Wildman–Crippen LogP) is 3.59. The number of rotatable bonds is 4. The number of fused-ring (bicyclic) bond motifs is 1. The van der Waals surface area contributed by atoms with Crippen molar-refractivity contribution in [2.45, 2.75) is 0 Å². The van der Waals surface area contributed by atoms with Gasteiger partial charge in [-0.1, -0.05) is 12.1 Å². The van der Waals surface area contributed by atoms with E-state index in [2.05, 4.69) is 57.1 Å². The average Bonchev–Trinajstić information content (AvgIpc) is 3.34. The summed E-state index contributed by atoms with van der Waals surface area (Å²) >= 11 is 1.76. The van der Waals surface area contributed by atoms with Gasteiger partial charge in [-0.15, -0.1) is 11.3 Å². The van der Waals surface area contributed by atoms with Crippen molar-refractivity contribution in [3.8, 4) is 21.8 Å². The molecule has 2 fully saturated rings. The van der Waals surface area contributed by atoms with Gasteiger partial charge in [0.25, 0.3) is 0 Å². The zero-order valence-electron chi connectivity index (χ0n) is 19.9. The summed E-state index contributed by atoms with van der Waals surface area (Å²) in [6.45, 7) is 7.39. The molecule has 0 bridgehead atoms. The van der Waals surface area contributed by atoms with E-state index < -0.39 is 0 Å². The van der Waals surface area contributed by atoms with Crippen molar-refractivity contribution in [1.29, 1.82) is 0 Å². The number of ether oxygens (including phenoxy) is 1. The third-order valence-electron chi connectivity index (χ3n) is 6.73. The number of nitrogen functional groups attached to an aromatic ring is 1. The molecule has 35 heavy (non-hydrogen) atoms. The monoisotopic (exact) mass is 487 g/mol. The van der Waals surface area contributed by atoms with Crippen LogP contribution >= 0.6 is 11.3 Å². The Morgan fingerprint density at radius 2 is 1.60 bits per heavy atom. The molecule has 2 N–H and O–H groups in total. The van der Waals surface area contributed by atoms with Gasteiger partial charge < -0.3 is 25.2 Å². The number of pyridine rings is 1. The third-order valence-corrected chi connectivity index (χ3v) is 7.90. The van der Waals surface area contributed by atoms with Crippen LogP contribution in [0.15, 0.2) is 48.7 Å². The molecule has 180 valence electrons. The maximum atomic E-state index is 5.80. The Hall–Kier alpha value is -3.27. The van der Waals surface area contributed by atoms with E-state index in [1.54, 1.807) is 23.6 Å². The van der Waals surface area contributed by atoms with E-state index in [9.17, 15) is 0 Å². The minimum absolute atomic E-state index is 0.487.